The van der Waals surface area contributed by atoms with Crippen LogP contribution in [0.3, 0.4) is 0 Å². The molecule has 10 nitrogen and oxygen atoms in total. The van der Waals surface area contributed by atoms with Crippen molar-refractivity contribution < 1.29 is 32.2 Å². The van der Waals surface area contributed by atoms with E-state index in [1.165, 1.54) is 0 Å². The summed E-state index contributed by atoms with van der Waals surface area (Å²) in [5.74, 6) is 1.21. The Hall–Kier alpha value is -2.70. The molecular weight excluding hydrogens is 618 g/mol. The average Bonchev–Trinajstić information content (AvgIpc) is 3.04. The van der Waals surface area contributed by atoms with Gasteiger partial charge in [0.1, 0.15) is 12.4 Å². The number of fused-ring (bicyclic) bond motifs is 1. The first kappa shape index (κ1) is 35.6. The molecule has 2 aromatic carbocycles. The highest BCUT2D eigenvalue weighted by molar-refractivity contribution is 7.89. The Morgan fingerprint density at radius 1 is 1.04 bits per heavy atom. The fourth-order valence-corrected chi connectivity index (χ4v) is 8.66. The fraction of sp³-hybridized carbons (Fsp3) is 0.639. The Balaban J connectivity index is 1.27. The van der Waals surface area contributed by atoms with E-state index in [0.29, 0.717) is 58.2 Å². The van der Waals surface area contributed by atoms with Crippen molar-refractivity contribution in [1.82, 2.24) is 9.62 Å². The van der Waals surface area contributed by atoms with Crippen molar-refractivity contribution >= 4 is 21.6 Å². The van der Waals surface area contributed by atoms with Gasteiger partial charge in [0.15, 0.2) is 0 Å². The van der Waals surface area contributed by atoms with Crippen LogP contribution >= 0.6 is 0 Å². The van der Waals surface area contributed by atoms with Crippen LogP contribution in [0.4, 0.5) is 5.69 Å². The molecule has 1 amide bonds. The number of hydrogen-bond acceptors (Lipinski definition) is 8. The Bertz CT molecular complexity index is 1430. The van der Waals surface area contributed by atoms with Crippen molar-refractivity contribution in [3.63, 3.8) is 0 Å². The number of nitrogens with zero attached hydrogens (tertiary/aromatic N) is 2. The van der Waals surface area contributed by atoms with Crippen molar-refractivity contribution in [2.45, 2.75) is 94.9 Å². The van der Waals surface area contributed by atoms with Crippen LogP contribution in [0.2, 0.25) is 0 Å². The van der Waals surface area contributed by atoms with Crippen molar-refractivity contribution in [3.8, 4) is 5.75 Å². The largest absolute Gasteiger partial charge is 0.490 e. The highest BCUT2D eigenvalue weighted by Crippen LogP contribution is 2.35. The van der Waals surface area contributed by atoms with E-state index in [1.807, 2.05) is 45.0 Å². The Morgan fingerprint density at radius 3 is 2.55 bits per heavy atom. The maximum atomic E-state index is 14.1. The molecule has 2 aromatic rings. The zero-order chi connectivity index (χ0) is 33.4. The van der Waals surface area contributed by atoms with E-state index in [0.717, 1.165) is 61.3 Å². The maximum absolute atomic E-state index is 14.1. The van der Waals surface area contributed by atoms with Crippen LogP contribution in [0, 0.1) is 12.8 Å². The van der Waals surface area contributed by atoms with Gasteiger partial charge in [-0.2, -0.15) is 4.31 Å². The predicted octanol–water partition coefficient (Wildman–Crippen LogP) is 5.07. The molecule has 2 fully saturated rings. The standard InChI is InChI=1S/C36H53N3O7S/c1-27-6-11-32(12-7-27)47(41,42)39-25-31(10-9-30(39)24-36(2,3)37-35(40)23-28-14-19-44-20-15-28)46-26-29-8-13-34-33(22-29)38(17-21-45-34)16-5-18-43-4/h6-8,11-13,22,28,30-31H,5,9-10,14-21,23-26H2,1-4H3,(H,37,40)/t30-,31+/m0/s1. The number of hydrogen-bond donors (Lipinski definition) is 1. The van der Waals surface area contributed by atoms with Gasteiger partial charge in [-0.15, -0.1) is 0 Å². The van der Waals surface area contributed by atoms with Gasteiger partial charge in [-0.3, -0.25) is 4.79 Å². The topological polar surface area (TPSA) is 107 Å². The number of nitrogens with one attached hydrogen (secondary N) is 1. The lowest BCUT2D eigenvalue weighted by molar-refractivity contribution is -0.124. The molecule has 11 heteroatoms. The van der Waals surface area contributed by atoms with Gasteiger partial charge >= 0.3 is 0 Å². The Morgan fingerprint density at radius 2 is 1.81 bits per heavy atom. The van der Waals surface area contributed by atoms with E-state index in [2.05, 4.69) is 16.3 Å². The van der Waals surface area contributed by atoms with Crippen molar-refractivity contribution in [3.05, 3.63) is 53.6 Å². The average molecular weight is 672 g/mol. The lowest BCUT2D eigenvalue weighted by Gasteiger charge is -2.42. The summed E-state index contributed by atoms with van der Waals surface area (Å²) in [4.78, 5) is 15.6. The first-order chi connectivity index (χ1) is 22.5. The highest BCUT2D eigenvalue weighted by Gasteiger charge is 2.40. The van der Waals surface area contributed by atoms with E-state index < -0.39 is 15.6 Å². The van der Waals surface area contributed by atoms with Crippen LogP contribution in [0.5, 0.6) is 5.75 Å². The summed E-state index contributed by atoms with van der Waals surface area (Å²) in [6.07, 6.45) is 4.81. The molecule has 3 aliphatic rings. The van der Waals surface area contributed by atoms with Crippen LogP contribution in [-0.4, -0.2) is 89.5 Å². The quantitative estimate of drug-likeness (QED) is 0.278. The molecule has 2 saturated heterocycles. The molecule has 0 bridgehead atoms. The van der Waals surface area contributed by atoms with Crippen molar-refractivity contribution in [1.29, 1.82) is 0 Å². The number of methoxy groups -OCH3 is 1. The number of rotatable bonds is 14. The first-order valence-electron chi connectivity index (χ1n) is 17.1. The predicted molar refractivity (Wildman–Crippen MR) is 182 cm³/mol. The number of sulfonamides is 1. The Kier molecular flexibility index (Phi) is 12.2. The molecule has 0 spiro atoms. The lowest BCUT2D eigenvalue weighted by atomic mass is 9.89. The van der Waals surface area contributed by atoms with Crippen LogP contribution < -0.4 is 15.0 Å². The minimum Gasteiger partial charge on any atom is -0.490 e. The molecule has 1 N–H and O–H groups in total. The molecule has 260 valence electrons. The maximum Gasteiger partial charge on any atom is 0.243 e. The summed E-state index contributed by atoms with van der Waals surface area (Å²) in [7, 11) is -2.08. The number of benzene rings is 2. The summed E-state index contributed by atoms with van der Waals surface area (Å²) in [6, 6.07) is 12.9. The van der Waals surface area contributed by atoms with Crippen molar-refractivity contribution in [2.24, 2.45) is 5.92 Å². The van der Waals surface area contributed by atoms with Crippen molar-refractivity contribution in [2.75, 3.05) is 58.1 Å². The van der Waals surface area contributed by atoms with E-state index in [9.17, 15) is 13.2 Å². The second-order valence-corrected chi connectivity index (χ2v) is 15.8. The molecule has 3 aliphatic heterocycles. The van der Waals surface area contributed by atoms with Gasteiger partial charge < -0.3 is 29.2 Å². The highest BCUT2D eigenvalue weighted by atomic mass is 32.2. The van der Waals surface area contributed by atoms with Crippen LogP contribution in [0.1, 0.15) is 69.9 Å². The van der Waals surface area contributed by atoms with E-state index in [1.54, 1.807) is 23.5 Å². The normalized spacial score (nSPS) is 21.2. The third-order valence-corrected chi connectivity index (χ3v) is 11.5. The van der Waals surface area contributed by atoms with E-state index in [-0.39, 0.29) is 29.5 Å². The zero-order valence-corrected chi connectivity index (χ0v) is 29.4. The number of aryl methyl sites for hydroxylation is 1. The zero-order valence-electron chi connectivity index (χ0n) is 28.5. The first-order valence-corrected chi connectivity index (χ1v) is 18.6. The third kappa shape index (κ3) is 9.69. The minimum absolute atomic E-state index is 0.0135. The molecule has 3 heterocycles. The number of anilines is 1. The number of carbonyl (C=O) groups is 1. The van der Waals surface area contributed by atoms with Gasteiger partial charge in [0.25, 0.3) is 0 Å². The van der Waals surface area contributed by atoms with Gasteiger partial charge in [0, 0.05) is 58.0 Å². The number of piperidine rings is 1. The second kappa shape index (κ2) is 16.1. The second-order valence-electron chi connectivity index (χ2n) is 13.9. The molecular formula is C36H53N3O7S. The summed E-state index contributed by atoms with van der Waals surface area (Å²) in [5.41, 5.74) is 2.50. The van der Waals surface area contributed by atoms with E-state index >= 15 is 0 Å². The van der Waals surface area contributed by atoms with Gasteiger partial charge in [0.2, 0.25) is 15.9 Å². The van der Waals surface area contributed by atoms with Gasteiger partial charge in [-0.1, -0.05) is 23.8 Å². The number of carbonyl (C=O) groups excluding carboxylic acids is 1. The minimum atomic E-state index is -3.80. The van der Waals surface area contributed by atoms with Crippen LogP contribution in [0.25, 0.3) is 0 Å². The number of amides is 1. The molecule has 0 aliphatic carbocycles. The smallest absolute Gasteiger partial charge is 0.243 e. The lowest BCUT2D eigenvalue weighted by Crippen LogP contribution is -2.54. The van der Waals surface area contributed by atoms with Gasteiger partial charge in [0.05, 0.1) is 29.8 Å². The summed E-state index contributed by atoms with van der Waals surface area (Å²) in [6.45, 7) is 11.0. The van der Waals surface area contributed by atoms with Crippen LogP contribution in [0.15, 0.2) is 47.4 Å². The fourth-order valence-electron chi connectivity index (χ4n) is 6.98. The SMILES string of the molecule is COCCCN1CCOc2ccc(CO[C@@H]3CC[C@@H](CC(C)(C)NC(=O)CC4CCOCC4)N(S(=O)(=O)c4ccc(C)cc4)C3)cc21. The van der Waals surface area contributed by atoms with E-state index in [4.69, 9.17) is 18.9 Å². The molecule has 0 unspecified atom stereocenters. The summed E-state index contributed by atoms with van der Waals surface area (Å²) in [5, 5.41) is 3.22. The molecule has 0 aromatic heterocycles. The molecule has 5 rings (SSSR count). The number of ether oxygens (including phenoxy) is 4. The van der Waals surface area contributed by atoms with Crippen LogP contribution in [-0.2, 0) is 35.6 Å². The molecule has 47 heavy (non-hydrogen) atoms. The van der Waals surface area contributed by atoms with Gasteiger partial charge in [-0.05, 0) is 95.0 Å². The third-order valence-electron chi connectivity index (χ3n) is 9.52. The Labute approximate surface area is 281 Å². The summed E-state index contributed by atoms with van der Waals surface area (Å²) < 4.78 is 53.0. The molecule has 2 atom stereocenters. The summed E-state index contributed by atoms with van der Waals surface area (Å²) >= 11 is 0. The molecule has 0 radical (unpaired) electrons. The van der Waals surface area contributed by atoms with Gasteiger partial charge in [-0.25, -0.2) is 8.42 Å². The molecule has 0 saturated carbocycles. The monoisotopic (exact) mass is 671 g/mol.